The Morgan fingerprint density at radius 1 is 1.08 bits per heavy atom. The molecule has 5 nitrogen and oxygen atoms in total. The molecule has 2 aromatic rings. The van der Waals surface area contributed by atoms with Crippen LogP contribution in [0.15, 0.2) is 42.6 Å². The molecule has 1 N–H and O–H groups in total. The van der Waals surface area contributed by atoms with E-state index in [0.29, 0.717) is 6.79 Å². The van der Waals surface area contributed by atoms with Gasteiger partial charge < -0.3 is 19.7 Å². The number of para-hydroxylation sites is 1. The van der Waals surface area contributed by atoms with Gasteiger partial charge >= 0.3 is 0 Å². The van der Waals surface area contributed by atoms with E-state index in [4.69, 9.17) is 9.47 Å². The highest BCUT2D eigenvalue weighted by atomic mass is 16.7. The minimum atomic E-state index is 0.332. The van der Waals surface area contributed by atoms with E-state index in [1.54, 1.807) is 0 Å². The summed E-state index contributed by atoms with van der Waals surface area (Å²) >= 11 is 0. The molecule has 4 rings (SSSR count). The van der Waals surface area contributed by atoms with E-state index in [-0.39, 0.29) is 0 Å². The van der Waals surface area contributed by atoms with Crippen molar-refractivity contribution in [2.45, 2.75) is 19.4 Å². The molecule has 1 fully saturated rings. The van der Waals surface area contributed by atoms with Crippen LogP contribution in [0.1, 0.15) is 18.4 Å². The highest BCUT2D eigenvalue weighted by Crippen LogP contribution is 2.35. The number of piperidine rings is 1. The lowest BCUT2D eigenvalue weighted by Gasteiger charge is -2.32. The fraction of sp³-hybridized carbons (Fsp3) is 0.421. The molecule has 0 saturated carbocycles. The predicted octanol–water partition coefficient (Wildman–Crippen LogP) is 2.82. The molecule has 0 amide bonds. The first-order valence-corrected chi connectivity index (χ1v) is 8.64. The fourth-order valence-corrected chi connectivity index (χ4v) is 3.45. The summed E-state index contributed by atoms with van der Waals surface area (Å²) < 4.78 is 11.0. The molecule has 0 atom stereocenters. The molecule has 3 heterocycles. The van der Waals surface area contributed by atoms with E-state index >= 15 is 0 Å². The van der Waals surface area contributed by atoms with Crippen molar-refractivity contribution < 1.29 is 9.47 Å². The normalized spacial score (nSPS) is 17.2. The maximum atomic E-state index is 5.56. The second-order valence-electron chi connectivity index (χ2n) is 6.40. The molecule has 0 unspecified atom stereocenters. The SMILES string of the molecule is c1ccc(N2CCC(CNCc3cccc4c3OCO4)CC2)nc1. The number of fused-ring (bicyclic) bond motifs is 1. The maximum absolute atomic E-state index is 5.56. The maximum Gasteiger partial charge on any atom is 0.231 e. The average molecular weight is 325 g/mol. The zero-order valence-electron chi connectivity index (χ0n) is 13.8. The third kappa shape index (κ3) is 3.31. The summed E-state index contributed by atoms with van der Waals surface area (Å²) in [6.07, 6.45) is 4.28. The summed E-state index contributed by atoms with van der Waals surface area (Å²) in [5, 5.41) is 3.59. The Labute approximate surface area is 142 Å². The molecule has 1 aromatic heterocycles. The highest BCUT2D eigenvalue weighted by molar-refractivity contribution is 5.48. The number of nitrogens with one attached hydrogen (secondary N) is 1. The Morgan fingerprint density at radius 3 is 2.83 bits per heavy atom. The van der Waals surface area contributed by atoms with Crippen LogP contribution in [-0.4, -0.2) is 31.4 Å². The molecule has 2 aliphatic heterocycles. The molecule has 0 radical (unpaired) electrons. The van der Waals surface area contributed by atoms with Crippen molar-refractivity contribution in [3.05, 3.63) is 48.2 Å². The van der Waals surface area contributed by atoms with Gasteiger partial charge in [-0.05, 0) is 43.5 Å². The first-order valence-electron chi connectivity index (χ1n) is 8.64. The van der Waals surface area contributed by atoms with Crippen molar-refractivity contribution in [3.8, 4) is 11.5 Å². The summed E-state index contributed by atoms with van der Waals surface area (Å²) in [4.78, 5) is 6.83. The van der Waals surface area contributed by atoms with Crippen LogP contribution in [0.5, 0.6) is 11.5 Å². The molecule has 0 spiro atoms. The summed E-state index contributed by atoms with van der Waals surface area (Å²) in [5.41, 5.74) is 1.18. The van der Waals surface area contributed by atoms with Gasteiger partial charge in [0.15, 0.2) is 11.5 Å². The largest absolute Gasteiger partial charge is 0.454 e. The number of ether oxygens (including phenoxy) is 2. The number of nitrogens with zero attached hydrogens (tertiary/aromatic N) is 2. The Kier molecular flexibility index (Phi) is 4.51. The van der Waals surface area contributed by atoms with E-state index in [1.807, 2.05) is 24.4 Å². The van der Waals surface area contributed by atoms with Gasteiger partial charge in [0.05, 0.1) is 0 Å². The van der Waals surface area contributed by atoms with Crippen LogP contribution >= 0.6 is 0 Å². The van der Waals surface area contributed by atoms with Gasteiger partial charge in [-0.3, -0.25) is 0 Å². The van der Waals surface area contributed by atoms with Gasteiger partial charge in [0.25, 0.3) is 0 Å². The smallest absolute Gasteiger partial charge is 0.231 e. The Balaban J connectivity index is 1.24. The van der Waals surface area contributed by atoms with Gasteiger partial charge in [-0.25, -0.2) is 4.98 Å². The van der Waals surface area contributed by atoms with Gasteiger partial charge in [0.2, 0.25) is 6.79 Å². The van der Waals surface area contributed by atoms with Crippen molar-refractivity contribution in [1.29, 1.82) is 0 Å². The first-order chi connectivity index (χ1) is 11.9. The molecular weight excluding hydrogens is 302 g/mol. The van der Waals surface area contributed by atoms with Crippen LogP contribution in [0.25, 0.3) is 0 Å². The van der Waals surface area contributed by atoms with Crippen LogP contribution < -0.4 is 19.7 Å². The second kappa shape index (κ2) is 7.09. The lowest BCUT2D eigenvalue weighted by Crippen LogP contribution is -2.37. The topological polar surface area (TPSA) is 46.6 Å². The van der Waals surface area contributed by atoms with Crippen LogP contribution in [0, 0.1) is 5.92 Å². The molecule has 5 heteroatoms. The van der Waals surface area contributed by atoms with Gasteiger partial charge in [-0.15, -0.1) is 0 Å². The number of benzene rings is 1. The average Bonchev–Trinajstić information content (AvgIpc) is 3.13. The third-order valence-electron chi connectivity index (χ3n) is 4.81. The summed E-state index contributed by atoms with van der Waals surface area (Å²) in [6, 6.07) is 12.2. The van der Waals surface area contributed by atoms with Crippen LogP contribution in [-0.2, 0) is 6.54 Å². The van der Waals surface area contributed by atoms with E-state index in [1.165, 1.54) is 18.4 Å². The Bertz CT molecular complexity index is 670. The fourth-order valence-electron chi connectivity index (χ4n) is 3.45. The molecule has 24 heavy (non-hydrogen) atoms. The van der Waals surface area contributed by atoms with Crippen molar-refractivity contribution >= 4 is 5.82 Å². The molecule has 1 aromatic carbocycles. The van der Waals surface area contributed by atoms with Gasteiger partial charge in [0.1, 0.15) is 5.82 Å². The summed E-state index contributed by atoms with van der Waals surface area (Å²) in [6.45, 7) is 4.37. The lowest BCUT2D eigenvalue weighted by atomic mass is 9.96. The van der Waals surface area contributed by atoms with Gasteiger partial charge in [0, 0.05) is 31.4 Å². The molecule has 1 saturated heterocycles. The van der Waals surface area contributed by atoms with Crippen LogP contribution in [0.3, 0.4) is 0 Å². The molecule has 126 valence electrons. The minimum absolute atomic E-state index is 0.332. The van der Waals surface area contributed by atoms with E-state index in [2.05, 4.69) is 33.4 Å². The van der Waals surface area contributed by atoms with Crippen LogP contribution in [0.4, 0.5) is 5.82 Å². The van der Waals surface area contributed by atoms with Crippen molar-refractivity contribution in [2.24, 2.45) is 5.92 Å². The number of rotatable bonds is 5. The summed E-state index contributed by atoms with van der Waals surface area (Å²) in [5.74, 6) is 3.58. The number of hydrogen-bond donors (Lipinski definition) is 1. The van der Waals surface area contributed by atoms with Crippen molar-refractivity contribution in [1.82, 2.24) is 10.3 Å². The number of aromatic nitrogens is 1. The first kappa shape index (κ1) is 15.3. The zero-order valence-corrected chi connectivity index (χ0v) is 13.8. The molecule has 0 aliphatic carbocycles. The van der Waals surface area contributed by atoms with E-state index in [9.17, 15) is 0 Å². The van der Waals surface area contributed by atoms with Gasteiger partial charge in [-0.2, -0.15) is 0 Å². The number of pyridine rings is 1. The third-order valence-corrected chi connectivity index (χ3v) is 4.81. The number of anilines is 1. The monoisotopic (exact) mass is 325 g/mol. The second-order valence-corrected chi connectivity index (χ2v) is 6.40. The molecule has 0 bridgehead atoms. The van der Waals surface area contributed by atoms with Crippen LogP contribution in [0.2, 0.25) is 0 Å². The standard InChI is InChI=1S/C19H23N3O2/c1-2-9-21-18(6-1)22-10-7-15(8-11-22)12-20-13-16-4-3-5-17-19(16)24-14-23-17/h1-6,9,15,20H,7-8,10-14H2. The number of hydrogen-bond acceptors (Lipinski definition) is 5. The zero-order chi connectivity index (χ0) is 16.2. The quantitative estimate of drug-likeness (QED) is 0.916. The predicted molar refractivity (Wildman–Crippen MR) is 93.4 cm³/mol. The van der Waals surface area contributed by atoms with Crippen molar-refractivity contribution in [2.75, 3.05) is 31.3 Å². The Morgan fingerprint density at radius 2 is 2.00 bits per heavy atom. The lowest BCUT2D eigenvalue weighted by molar-refractivity contribution is 0.173. The highest BCUT2D eigenvalue weighted by Gasteiger charge is 2.20. The molecular formula is C19H23N3O2. The summed E-state index contributed by atoms with van der Waals surface area (Å²) in [7, 11) is 0. The van der Waals surface area contributed by atoms with Gasteiger partial charge in [-0.1, -0.05) is 18.2 Å². The van der Waals surface area contributed by atoms with E-state index in [0.717, 1.165) is 49.4 Å². The minimum Gasteiger partial charge on any atom is -0.454 e. The molecule has 2 aliphatic rings. The Hall–Kier alpha value is -2.27. The van der Waals surface area contributed by atoms with E-state index < -0.39 is 0 Å². The van der Waals surface area contributed by atoms with Crippen molar-refractivity contribution in [3.63, 3.8) is 0 Å².